The van der Waals surface area contributed by atoms with E-state index in [2.05, 4.69) is 10.6 Å². The Labute approximate surface area is 165 Å². The second kappa shape index (κ2) is 9.07. The number of carbonyl (C=O) groups is 2. The number of hydrogen-bond acceptors (Lipinski definition) is 3. The average Bonchev–Trinajstić information content (AvgIpc) is 2.62. The number of anilines is 2. The van der Waals surface area contributed by atoms with Gasteiger partial charge >= 0.3 is 6.18 Å². The molecule has 2 amide bonds. The van der Waals surface area contributed by atoms with E-state index in [9.17, 15) is 22.8 Å². The summed E-state index contributed by atoms with van der Waals surface area (Å²) < 4.78 is 39.0. The molecule has 0 unspecified atom stereocenters. The van der Waals surface area contributed by atoms with Gasteiger partial charge in [-0.3, -0.25) is 14.5 Å². The molecule has 2 N–H and O–H groups in total. The van der Waals surface area contributed by atoms with Crippen LogP contribution in [0.4, 0.5) is 24.5 Å². The first-order valence-corrected chi connectivity index (χ1v) is 8.68. The van der Waals surface area contributed by atoms with Crippen LogP contribution in [0, 0.1) is 0 Å². The lowest BCUT2D eigenvalue weighted by atomic mass is 10.1. The Hall–Kier alpha value is -2.58. The quantitative estimate of drug-likeness (QED) is 0.744. The van der Waals surface area contributed by atoms with Gasteiger partial charge in [-0.15, -0.1) is 0 Å². The molecule has 0 aliphatic carbocycles. The van der Waals surface area contributed by atoms with E-state index in [-0.39, 0.29) is 18.1 Å². The van der Waals surface area contributed by atoms with Gasteiger partial charge in [-0.05, 0) is 50.4 Å². The molecule has 150 valence electrons. The van der Waals surface area contributed by atoms with E-state index in [1.807, 2.05) is 0 Å². The average molecular weight is 414 g/mol. The number of hydrogen-bond donors (Lipinski definition) is 2. The van der Waals surface area contributed by atoms with E-state index in [0.717, 1.165) is 6.07 Å². The number of rotatable bonds is 6. The summed E-state index contributed by atoms with van der Waals surface area (Å²) in [5.74, 6) is -1.03. The smallest absolute Gasteiger partial charge is 0.325 e. The van der Waals surface area contributed by atoms with E-state index in [1.54, 1.807) is 31.2 Å². The summed E-state index contributed by atoms with van der Waals surface area (Å²) in [6.45, 7) is 1.32. The maximum absolute atomic E-state index is 13.0. The Balaban J connectivity index is 1.96. The van der Waals surface area contributed by atoms with Crippen LogP contribution in [0.15, 0.2) is 48.5 Å². The standard InChI is InChI=1S/C19H19ClF3N3O2/c1-12(18(28)24-14-9-7-13(20)8-10-14)26(2)11-17(27)25-16-6-4-3-5-15(16)19(21,22)23/h3-10,12H,11H2,1-2H3,(H,24,28)(H,25,27)/t12-/m1/s1. The van der Waals surface area contributed by atoms with Crippen LogP contribution in [0.3, 0.4) is 0 Å². The number of para-hydroxylation sites is 1. The predicted molar refractivity (Wildman–Crippen MR) is 102 cm³/mol. The van der Waals surface area contributed by atoms with Crippen LogP contribution < -0.4 is 10.6 Å². The van der Waals surface area contributed by atoms with Gasteiger partial charge in [0.15, 0.2) is 0 Å². The van der Waals surface area contributed by atoms with Crippen molar-refractivity contribution in [2.24, 2.45) is 0 Å². The second-order valence-corrected chi connectivity index (χ2v) is 6.62. The number of benzene rings is 2. The molecule has 1 atom stereocenters. The fraction of sp³-hybridized carbons (Fsp3) is 0.263. The molecule has 2 aromatic rings. The van der Waals surface area contributed by atoms with Crippen molar-refractivity contribution in [3.63, 3.8) is 0 Å². The summed E-state index contributed by atoms with van der Waals surface area (Å²) in [7, 11) is 1.53. The molecule has 2 aromatic carbocycles. The third-order valence-electron chi connectivity index (χ3n) is 4.05. The number of alkyl halides is 3. The van der Waals surface area contributed by atoms with Crippen molar-refractivity contribution in [1.82, 2.24) is 4.90 Å². The third-order valence-corrected chi connectivity index (χ3v) is 4.30. The van der Waals surface area contributed by atoms with Gasteiger partial charge in [0, 0.05) is 10.7 Å². The second-order valence-electron chi connectivity index (χ2n) is 6.18. The largest absolute Gasteiger partial charge is 0.418 e. The molecule has 0 aromatic heterocycles. The lowest BCUT2D eigenvalue weighted by Crippen LogP contribution is -2.43. The SMILES string of the molecule is C[C@H](C(=O)Nc1ccc(Cl)cc1)N(C)CC(=O)Nc1ccccc1C(F)(F)F. The highest BCUT2D eigenvalue weighted by molar-refractivity contribution is 6.30. The molecular weight excluding hydrogens is 395 g/mol. The Morgan fingerprint density at radius 3 is 2.29 bits per heavy atom. The summed E-state index contributed by atoms with van der Waals surface area (Å²) in [6, 6.07) is 10.5. The number of likely N-dealkylation sites (N-methyl/N-ethyl adjacent to an activating group) is 1. The van der Waals surface area contributed by atoms with Gasteiger partial charge in [-0.2, -0.15) is 13.2 Å². The zero-order valence-electron chi connectivity index (χ0n) is 15.2. The van der Waals surface area contributed by atoms with Crippen LogP contribution in [0.5, 0.6) is 0 Å². The molecule has 0 aliphatic heterocycles. The Kier molecular flexibility index (Phi) is 7.04. The van der Waals surface area contributed by atoms with E-state index < -0.39 is 23.7 Å². The molecular formula is C19H19ClF3N3O2. The minimum atomic E-state index is -4.58. The maximum Gasteiger partial charge on any atom is 0.418 e. The maximum atomic E-state index is 13.0. The van der Waals surface area contributed by atoms with Gasteiger partial charge in [-0.1, -0.05) is 23.7 Å². The minimum absolute atomic E-state index is 0.263. The highest BCUT2D eigenvalue weighted by Crippen LogP contribution is 2.34. The third kappa shape index (κ3) is 5.97. The van der Waals surface area contributed by atoms with Crippen molar-refractivity contribution in [3.8, 4) is 0 Å². The van der Waals surface area contributed by atoms with Crippen LogP contribution in [0.2, 0.25) is 5.02 Å². The molecule has 2 rings (SSSR count). The van der Waals surface area contributed by atoms with Crippen LogP contribution in [-0.2, 0) is 15.8 Å². The summed E-state index contributed by atoms with van der Waals surface area (Å²) in [5.41, 5.74) is -0.718. The molecule has 0 radical (unpaired) electrons. The first-order valence-electron chi connectivity index (χ1n) is 8.30. The first kappa shape index (κ1) is 21.7. The predicted octanol–water partition coefficient (Wildman–Crippen LogP) is 4.26. The highest BCUT2D eigenvalue weighted by Gasteiger charge is 2.33. The fourth-order valence-electron chi connectivity index (χ4n) is 2.37. The van der Waals surface area contributed by atoms with Gasteiger partial charge in [0.05, 0.1) is 23.8 Å². The summed E-state index contributed by atoms with van der Waals surface area (Å²) in [5, 5.41) is 5.46. The first-order chi connectivity index (χ1) is 13.1. The topological polar surface area (TPSA) is 61.4 Å². The highest BCUT2D eigenvalue weighted by atomic mass is 35.5. The van der Waals surface area contributed by atoms with Crippen molar-refractivity contribution in [1.29, 1.82) is 0 Å². The molecule has 0 saturated heterocycles. The van der Waals surface area contributed by atoms with Crippen LogP contribution in [0.25, 0.3) is 0 Å². The fourth-order valence-corrected chi connectivity index (χ4v) is 2.50. The van der Waals surface area contributed by atoms with Gasteiger partial charge in [0.25, 0.3) is 0 Å². The van der Waals surface area contributed by atoms with Gasteiger partial charge < -0.3 is 10.6 Å². The number of nitrogens with one attached hydrogen (secondary N) is 2. The van der Waals surface area contributed by atoms with Crippen molar-refractivity contribution in [3.05, 3.63) is 59.1 Å². The number of carbonyl (C=O) groups excluding carboxylic acids is 2. The van der Waals surface area contributed by atoms with Gasteiger partial charge in [0.2, 0.25) is 11.8 Å². The normalized spacial score (nSPS) is 12.5. The Bertz CT molecular complexity index is 841. The van der Waals surface area contributed by atoms with Gasteiger partial charge in [-0.25, -0.2) is 0 Å². The lowest BCUT2D eigenvalue weighted by molar-refractivity contribution is -0.137. The number of amides is 2. The molecule has 0 heterocycles. The molecule has 0 fully saturated rings. The van der Waals surface area contributed by atoms with Crippen LogP contribution >= 0.6 is 11.6 Å². The van der Waals surface area contributed by atoms with Crippen molar-refractivity contribution in [2.75, 3.05) is 24.2 Å². The Morgan fingerprint density at radius 1 is 1.07 bits per heavy atom. The molecule has 0 bridgehead atoms. The van der Waals surface area contributed by atoms with Crippen molar-refractivity contribution in [2.45, 2.75) is 19.1 Å². The van der Waals surface area contributed by atoms with Crippen LogP contribution in [-0.4, -0.2) is 36.3 Å². The summed E-state index contributed by atoms with van der Waals surface area (Å²) in [4.78, 5) is 25.9. The summed E-state index contributed by atoms with van der Waals surface area (Å²) >= 11 is 5.79. The number of halogens is 4. The number of nitrogens with zero attached hydrogens (tertiary/aromatic N) is 1. The molecule has 0 aliphatic rings. The van der Waals surface area contributed by atoms with Crippen molar-refractivity contribution < 1.29 is 22.8 Å². The zero-order valence-corrected chi connectivity index (χ0v) is 15.9. The Morgan fingerprint density at radius 2 is 1.68 bits per heavy atom. The lowest BCUT2D eigenvalue weighted by Gasteiger charge is -2.23. The van der Waals surface area contributed by atoms with Crippen LogP contribution in [0.1, 0.15) is 12.5 Å². The minimum Gasteiger partial charge on any atom is -0.325 e. The van der Waals surface area contributed by atoms with Gasteiger partial charge in [0.1, 0.15) is 0 Å². The van der Waals surface area contributed by atoms with E-state index in [0.29, 0.717) is 10.7 Å². The molecule has 9 heteroatoms. The van der Waals surface area contributed by atoms with Crippen molar-refractivity contribution >= 4 is 34.8 Å². The molecule has 0 spiro atoms. The zero-order chi connectivity index (χ0) is 20.9. The van der Waals surface area contributed by atoms with E-state index >= 15 is 0 Å². The molecule has 5 nitrogen and oxygen atoms in total. The summed E-state index contributed by atoms with van der Waals surface area (Å²) in [6.07, 6.45) is -4.58. The van der Waals surface area contributed by atoms with E-state index in [4.69, 9.17) is 11.6 Å². The molecule has 0 saturated carbocycles. The van der Waals surface area contributed by atoms with E-state index in [1.165, 1.54) is 30.1 Å². The molecule has 28 heavy (non-hydrogen) atoms. The monoisotopic (exact) mass is 413 g/mol.